The maximum absolute atomic E-state index is 12.8. The van der Waals surface area contributed by atoms with Gasteiger partial charge in [-0.3, -0.25) is 9.59 Å². The zero-order valence-electron chi connectivity index (χ0n) is 17.1. The summed E-state index contributed by atoms with van der Waals surface area (Å²) in [6.07, 6.45) is 5.75. The minimum Gasteiger partial charge on any atom is -0.480 e. The molecule has 0 radical (unpaired) electrons. The maximum atomic E-state index is 12.8. The van der Waals surface area contributed by atoms with Crippen LogP contribution in [-0.2, 0) is 16.1 Å². The number of carboxylic acid groups (broad SMARTS) is 1. The van der Waals surface area contributed by atoms with Gasteiger partial charge < -0.3 is 25.0 Å². The van der Waals surface area contributed by atoms with E-state index in [0.717, 1.165) is 22.3 Å². The number of carbonyl (C=O) groups excluding carboxylic acids is 1. The first-order valence-electron chi connectivity index (χ1n) is 9.60. The number of hydrogen-bond donors (Lipinski definition) is 3. The number of hydrogen-bond acceptors (Lipinski definition) is 6. The first kappa shape index (κ1) is 21.3. The lowest BCUT2D eigenvalue weighted by Gasteiger charge is -2.25. The summed E-state index contributed by atoms with van der Waals surface area (Å²) in [5.41, 5.74) is 2.97. The molecule has 2 heterocycles. The SMILES string of the molecule is CC(O)c1cn(CC(=O)N(CC(=O)O)C(C)C)c2ccc(Nc3cncnc3)cc12. The van der Waals surface area contributed by atoms with Gasteiger partial charge in [0.15, 0.2) is 0 Å². The topological polar surface area (TPSA) is 121 Å². The highest BCUT2D eigenvalue weighted by molar-refractivity contribution is 5.90. The summed E-state index contributed by atoms with van der Waals surface area (Å²) in [6.45, 7) is 4.85. The monoisotopic (exact) mass is 411 g/mol. The van der Waals surface area contributed by atoms with Crippen molar-refractivity contribution in [2.24, 2.45) is 0 Å². The Bertz CT molecular complexity index is 1050. The number of nitrogens with zero attached hydrogens (tertiary/aromatic N) is 4. The number of aliphatic carboxylic acids is 1. The number of aliphatic hydroxyl groups is 1. The van der Waals surface area contributed by atoms with Crippen molar-refractivity contribution in [1.29, 1.82) is 0 Å². The predicted molar refractivity (Wildman–Crippen MR) is 112 cm³/mol. The molecule has 158 valence electrons. The summed E-state index contributed by atoms with van der Waals surface area (Å²) in [5.74, 6) is -1.36. The summed E-state index contributed by atoms with van der Waals surface area (Å²) in [7, 11) is 0. The minimum absolute atomic E-state index is 0.0199. The number of anilines is 2. The van der Waals surface area contributed by atoms with E-state index in [1.165, 1.54) is 11.2 Å². The van der Waals surface area contributed by atoms with E-state index in [9.17, 15) is 14.7 Å². The van der Waals surface area contributed by atoms with Gasteiger partial charge in [0.05, 0.1) is 24.2 Å². The van der Waals surface area contributed by atoms with Gasteiger partial charge in [-0.1, -0.05) is 0 Å². The molecular formula is C21H25N5O4. The van der Waals surface area contributed by atoms with E-state index in [4.69, 9.17) is 5.11 Å². The number of carbonyl (C=O) groups is 2. The van der Waals surface area contributed by atoms with Crippen molar-refractivity contribution < 1.29 is 19.8 Å². The standard InChI is InChI=1S/C21H25N5O4/c1-13(2)26(11-21(29)30)20(28)10-25-9-18(14(3)27)17-6-15(4-5-19(17)25)24-16-7-22-12-23-8-16/h4-9,12-14,24,27H,10-11H2,1-3H3,(H,29,30). The Morgan fingerprint density at radius 1 is 1.17 bits per heavy atom. The highest BCUT2D eigenvalue weighted by atomic mass is 16.4. The molecule has 0 aliphatic rings. The number of aromatic nitrogens is 3. The predicted octanol–water partition coefficient (Wildman–Crippen LogP) is 2.55. The molecule has 0 saturated carbocycles. The zero-order valence-corrected chi connectivity index (χ0v) is 17.1. The molecule has 9 heteroatoms. The van der Waals surface area contributed by atoms with Crippen LogP contribution < -0.4 is 5.32 Å². The average molecular weight is 411 g/mol. The van der Waals surface area contributed by atoms with E-state index < -0.39 is 12.1 Å². The third-order valence-electron chi connectivity index (χ3n) is 4.77. The van der Waals surface area contributed by atoms with Crippen molar-refractivity contribution >= 4 is 34.2 Å². The van der Waals surface area contributed by atoms with Crippen molar-refractivity contribution in [2.75, 3.05) is 11.9 Å². The Labute approximate surface area is 174 Å². The lowest BCUT2D eigenvalue weighted by atomic mass is 10.1. The molecule has 0 saturated heterocycles. The summed E-state index contributed by atoms with van der Waals surface area (Å²) in [5, 5.41) is 23.3. The molecule has 0 aliphatic heterocycles. The first-order chi connectivity index (χ1) is 14.3. The van der Waals surface area contributed by atoms with Gasteiger partial charge in [-0.15, -0.1) is 0 Å². The summed E-state index contributed by atoms with van der Waals surface area (Å²) < 4.78 is 1.74. The third kappa shape index (κ3) is 4.74. The van der Waals surface area contributed by atoms with Crippen molar-refractivity contribution in [2.45, 2.75) is 39.5 Å². The van der Waals surface area contributed by atoms with E-state index in [1.807, 2.05) is 18.2 Å². The van der Waals surface area contributed by atoms with Gasteiger partial charge in [0, 0.05) is 34.4 Å². The van der Waals surface area contributed by atoms with Crippen LogP contribution in [0.3, 0.4) is 0 Å². The molecule has 0 spiro atoms. The number of carboxylic acids is 1. The summed E-state index contributed by atoms with van der Waals surface area (Å²) in [4.78, 5) is 33.2. The van der Waals surface area contributed by atoms with E-state index >= 15 is 0 Å². The van der Waals surface area contributed by atoms with Crippen LogP contribution in [0.25, 0.3) is 10.9 Å². The molecule has 1 unspecified atom stereocenters. The highest BCUT2D eigenvalue weighted by Gasteiger charge is 2.22. The van der Waals surface area contributed by atoms with E-state index in [0.29, 0.717) is 5.56 Å². The molecule has 9 nitrogen and oxygen atoms in total. The molecule has 3 rings (SSSR count). The average Bonchev–Trinajstić information content (AvgIpc) is 3.04. The largest absolute Gasteiger partial charge is 0.480 e. The summed E-state index contributed by atoms with van der Waals surface area (Å²) in [6, 6.07) is 5.37. The van der Waals surface area contributed by atoms with Gasteiger partial charge in [-0.2, -0.15) is 0 Å². The van der Waals surface area contributed by atoms with Crippen LogP contribution in [-0.4, -0.2) is 54.1 Å². The number of nitrogens with one attached hydrogen (secondary N) is 1. The van der Waals surface area contributed by atoms with E-state index in [1.54, 1.807) is 43.9 Å². The van der Waals surface area contributed by atoms with Crippen molar-refractivity contribution in [3.63, 3.8) is 0 Å². The lowest BCUT2D eigenvalue weighted by molar-refractivity contribution is -0.146. The van der Waals surface area contributed by atoms with Crippen LogP contribution in [0.15, 0.2) is 43.1 Å². The Morgan fingerprint density at radius 2 is 1.87 bits per heavy atom. The molecule has 1 atom stereocenters. The Balaban J connectivity index is 1.93. The molecule has 0 bridgehead atoms. The first-order valence-corrected chi connectivity index (χ1v) is 9.60. The van der Waals surface area contributed by atoms with Gasteiger partial charge in [0.1, 0.15) is 19.4 Å². The van der Waals surface area contributed by atoms with Crippen LogP contribution in [0.5, 0.6) is 0 Å². The smallest absolute Gasteiger partial charge is 0.323 e. The van der Waals surface area contributed by atoms with Gasteiger partial charge in [-0.25, -0.2) is 9.97 Å². The molecule has 1 aromatic carbocycles. The van der Waals surface area contributed by atoms with Gasteiger partial charge in [0.25, 0.3) is 0 Å². The van der Waals surface area contributed by atoms with Crippen LogP contribution in [0, 0.1) is 0 Å². The molecule has 3 N–H and O–H groups in total. The number of rotatable bonds is 8. The Hall–Kier alpha value is -3.46. The van der Waals surface area contributed by atoms with Crippen LogP contribution in [0.1, 0.15) is 32.4 Å². The molecule has 0 aliphatic carbocycles. The van der Waals surface area contributed by atoms with Gasteiger partial charge in [-0.05, 0) is 39.0 Å². The minimum atomic E-state index is -1.06. The van der Waals surface area contributed by atoms with E-state index in [2.05, 4.69) is 15.3 Å². The highest BCUT2D eigenvalue weighted by Crippen LogP contribution is 2.30. The van der Waals surface area contributed by atoms with Crippen LogP contribution in [0.2, 0.25) is 0 Å². The van der Waals surface area contributed by atoms with Crippen LogP contribution in [0.4, 0.5) is 11.4 Å². The Kier molecular flexibility index (Phi) is 6.31. The Morgan fingerprint density at radius 3 is 2.47 bits per heavy atom. The lowest BCUT2D eigenvalue weighted by Crippen LogP contribution is -2.42. The second-order valence-corrected chi connectivity index (χ2v) is 7.38. The third-order valence-corrected chi connectivity index (χ3v) is 4.77. The maximum Gasteiger partial charge on any atom is 0.323 e. The molecule has 1 amide bonds. The van der Waals surface area contributed by atoms with Crippen molar-refractivity contribution in [3.05, 3.63) is 48.7 Å². The number of benzene rings is 1. The van der Waals surface area contributed by atoms with Crippen LogP contribution >= 0.6 is 0 Å². The molecule has 3 aromatic rings. The molecular weight excluding hydrogens is 386 g/mol. The molecule has 30 heavy (non-hydrogen) atoms. The summed E-state index contributed by atoms with van der Waals surface area (Å²) >= 11 is 0. The quantitative estimate of drug-likeness (QED) is 0.521. The number of aliphatic hydroxyl groups excluding tert-OH is 1. The fourth-order valence-electron chi connectivity index (χ4n) is 3.34. The fraction of sp³-hybridized carbons (Fsp3) is 0.333. The second kappa shape index (κ2) is 8.91. The van der Waals surface area contributed by atoms with Gasteiger partial charge in [0.2, 0.25) is 5.91 Å². The van der Waals surface area contributed by atoms with Crippen molar-refractivity contribution in [1.82, 2.24) is 19.4 Å². The molecule has 0 fully saturated rings. The second-order valence-electron chi connectivity index (χ2n) is 7.38. The van der Waals surface area contributed by atoms with Crippen molar-refractivity contribution in [3.8, 4) is 0 Å². The number of amides is 1. The van der Waals surface area contributed by atoms with E-state index in [-0.39, 0.29) is 25.0 Å². The zero-order chi connectivity index (χ0) is 21.8. The number of fused-ring (bicyclic) bond motifs is 1. The van der Waals surface area contributed by atoms with Gasteiger partial charge >= 0.3 is 5.97 Å². The molecule has 2 aromatic heterocycles. The normalized spacial score (nSPS) is 12.2. The fourth-order valence-corrected chi connectivity index (χ4v) is 3.34.